The van der Waals surface area contributed by atoms with Crippen molar-refractivity contribution in [1.82, 2.24) is 24.2 Å². The fraction of sp³-hybridized carbons (Fsp3) is 0.435. The quantitative estimate of drug-likeness (QED) is 0.392. The van der Waals surface area contributed by atoms with E-state index in [0.29, 0.717) is 42.0 Å². The van der Waals surface area contributed by atoms with Crippen molar-refractivity contribution in [2.24, 2.45) is 0 Å². The average molecular weight is 561 g/mol. The number of nitrogens with zero attached hydrogens (tertiary/aromatic N) is 5. The molecule has 8 nitrogen and oxygen atoms in total. The Bertz CT molecular complexity index is 1250. The first-order chi connectivity index (χ1) is 17.9. The number of nitrogens with one attached hydrogen (secondary N) is 1. The molecule has 1 aliphatic heterocycles. The van der Waals surface area contributed by atoms with Crippen LogP contribution in [0.15, 0.2) is 30.7 Å². The van der Waals surface area contributed by atoms with E-state index in [9.17, 15) is 31.1 Å². The summed E-state index contributed by atoms with van der Waals surface area (Å²) in [5.74, 6) is -0.196. The molecule has 0 aromatic carbocycles. The smallest absolute Gasteiger partial charge is 0.434 e. The minimum Gasteiger partial charge on any atom is -0.473 e. The fourth-order valence-electron chi connectivity index (χ4n) is 3.85. The molecule has 4 heterocycles. The molecule has 0 bridgehead atoms. The van der Waals surface area contributed by atoms with Gasteiger partial charge in [-0.1, -0.05) is 0 Å². The van der Waals surface area contributed by atoms with E-state index >= 15 is 0 Å². The highest BCUT2D eigenvalue weighted by atomic mass is 32.1. The highest BCUT2D eigenvalue weighted by Crippen LogP contribution is 2.28. The molecule has 0 unspecified atom stereocenters. The largest absolute Gasteiger partial charge is 0.473 e. The van der Waals surface area contributed by atoms with Crippen molar-refractivity contribution in [3.8, 4) is 5.88 Å². The van der Waals surface area contributed by atoms with Crippen molar-refractivity contribution in [3.63, 3.8) is 0 Å². The molecule has 4 rings (SSSR count). The third-order valence-electron chi connectivity index (χ3n) is 5.72. The zero-order valence-electron chi connectivity index (χ0n) is 19.9. The van der Waals surface area contributed by atoms with Crippen LogP contribution in [-0.2, 0) is 12.6 Å². The molecule has 1 amide bonds. The summed E-state index contributed by atoms with van der Waals surface area (Å²) in [5, 5.41) is 2.71. The van der Waals surface area contributed by atoms with Crippen LogP contribution in [0.3, 0.4) is 0 Å². The van der Waals surface area contributed by atoms with Gasteiger partial charge in [-0.2, -0.15) is 30.7 Å². The Kier molecular flexibility index (Phi) is 8.16. The number of aromatic nitrogens is 4. The van der Waals surface area contributed by atoms with Gasteiger partial charge in [-0.25, -0.2) is 9.97 Å². The Labute approximate surface area is 217 Å². The third-order valence-corrected chi connectivity index (χ3v) is 6.65. The molecule has 1 aliphatic rings. The van der Waals surface area contributed by atoms with E-state index in [1.165, 1.54) is 6.20 Å². The molecule has 0 radical (unpaired) electrons. The lowest BCUT2D eigenvalue weighted by Crippen LogP contribution is -2.28. The van der Waals surface area contributed by atoms with E-state index in [0.717, 1.165) is 17.7 Å². The topological polar surface area (TPSA) is 93.1 Å². The minimum absolute atomic E-state index is 0.0752. The summed E-state index contributed by atoms with van der Waals surface area (Å²) < 4.78 is 85.4. The maximum absolute atomic E-state index is 13.0. The number of anilines is 1. The molecule has 1 atom stereocenters. The lowest BCUT2D eigenvalue weighted by molar-refractivity contribution is -0.141. The van der Waals surface area contributed by atoms with Crippen LogP contribution in [0.4, 0.5) is 32.0 Å². The summed E-state index contributed by atoms with van der Waals surface area (Å²) in [6, 6.07) is 3.12. The molecule has 0 saturated carbocycles. The number of amides is 1. The Balaban J connectivity index is 1.33. The second-order valence-electron chi connectivity index (χ2n) is 8.67. The number of carbonyl (C=O) groups excluding carboxylic acids is 1. The Hall–Kier alpha value is -3.33. The molecule has 204 valence electrons. The number of halogens is 6. The van der Waals surface area contributed by atoms with Gasteiger partial charge in [-0.15, -0.1) is 0 Å². The molecular weight excluding hydrogens is 538 g/mol. The highest BCUT2D eigenvalue weighted by Gasteiger charge is 2.33. The summed E-state index contributed by atoms with van der Waals surface area (Å²) in [5.41, 5.74) is 0.245. The maximum atomic E-state index is 13.0. The predicted octanol–water partition coefficient (Wildman–Crippen LogP) is 4.90. The third kappa shape index (κ3) is 7.37. The van der Waals surface area contributed by atoms with Gasteiger partial charge in [0.15, 0.2) is 5.69 Å². The van der Waals surface area contributed by atoms with E-state index in [4.69, 9.17) is 4.74 Å². The van der Waals surface area contributed by atoms with E-state index in [1.54, 1.807) is 24.0 Å². The molecule has 1 fully saturated rings. The van der Waals surface area contributed by atoms with Gasteiger partial charge in [-0.3, -0.25) is 14.7 Å². The van der Waals surface area contributed by atoms with E-state index in [2.05, 4.69) is 24.6 Å². The fourth-order valence-corrected chi connectivity index (χ4v) is 4.74. The van der Waals surface area contributed by atoms with Crippen LogP contribution >= 0.6 is 11.5 Å². The summed E-state index contributed by atoms with van der Waals surface area (Å²) in [7, 11) is 0. The number of hydrogen-bond donors (Lipinski definition) is 1. The van der Waals surface area contributed by atoms with Crippen molar-refractivity contribution in [3.05, 3.63) is 58.2 Å². The van der Waals surface area contributed by atoms with Crippen molar-refractivity contribution in [2.45, 2.75) is 44.6 Å². The van der Waals surface area contributed by atoms with Gasteiger partial charge in [0.05, 0.1) is 41.5 Å². The number of aryl methyl sites for hydroxylation is 1. The molecule has 3 aromatic rings. The summed E-state index contributed by atoms with van der Waals surface area (Å²) >= 11 is 1.04. The molecule has 0 aliphatic carbocycles. The van der Waals surface area contributed by atoms with Crippen LogP contribution in [0.25, 0.3) is 0 Å². The Morgan fingerprint density at radius 2 is 1.92 bits per heavy atom. The molecule has 0 spiro atoms. The SMILES string of the molecule is Cc1nsc(Cc2cnc(C(F)(F)F)cn2)c1C(=O)Nc1ccc(O[C@@H]2CCN(CCC(F)(F)F)C2)nc1. The van der Waals surface area contributed by atoms with E-state index in [1.807, 2.05) is 0 Å². The molecule has 3 aromatic heterocycles. The standard InChI is InChI=1S/C23H22F6N6O2S/c1-13-20(17(38-34-13)8-15-10-31-18(11-30-15)23(27,28)29)21(36)33-14-2-3-19(32-9-14)37-16-4-6-35(12-16)7-5-22(24,25)26/h2-3,9-11,16H,4-8,12H2,1H3,(H,33,36)/t16-/m1/s1. The Morgan fingerprint density at radius 3 is 2.55 bits per heavy atom. The number of carbonyl (C=O) groups is 1. The number of hydrogen-bond acceptors (Lipinski definition) is 8. The van der Waals surface area contributed by atoms with Crippen LogP contribution in [0, 0.1) is 6.92 Å². The summed E-state index contributed by atoms with van der Waals surface area (Å²) in [6.45, 7) is 2.43. The second kappa shape index (κ2) is 11.2. The van der Waals surface area contributed by atoms with Crippen molar-refractivity contribution >= 4 is 23.1 Å². The van der Waals surface area contributed by atoms with Crippen LogP contribution in [0.2, 0.25) is 0 Å². The predicted molar refractivity (Wildman–Crippen MR) is 125 cm³/mol. The second-order valence-corrected chi connectivity index (χ2v) is 9.53. The number of ether oxygens (including phenoxy) is 1. The monoisotopic (exact) mass is 560 g/mol. The minimum atomic E-state index is -4.60. The first kappa shape index (κ1) is 27.7. The molecule has 38 heavy (non-hydrogen) atoms. The molecule has 15 heteroatoms. The molecule has 1 N–H and O–H groups in total. The van der Waals surface area contributed by atoms with Crippen LogP contribution < -0.4 is 10.1 Å². The normalized spacial score (nSPS) is 16.6. The highest BCUT2D eigenvalue weighted by molar-refractivity contribution is 7.06. The number of alkyl halides is 6. The van der Waals surface area contributed by atoms with E-state index < -0.39 is 30.4 Å². The van der Waals surface area contributed by atoms with Gasteiger partial charge in [0.2, 0.25) is 5.88 Å². The van der Waals surface area contributed by atoms with Gasteiger partial charge in [0.25, 0.3) is 5.91 Å². The number of rotatable bonds is 8. The van der Waals surface area contributed by atoms with Crippen LogP contribution in [-0.4, -0.2) is 62.0 Å². The van der Waals surface area contributed by atoms with Gasteiger partial charge in [0.1, 0.15) is 6.10 Å². The lowest BCUT2D eigenvalue weighted by Gasteiger charge is -2.17. The van der Waals surface area contributed by atoms with Crippen molar-refractivity contribution in [2.75, 3.05) is 25.0 Å². The van der Waals surface area contributed by atoms with Gasteiger partial charge < -0.3 is 10.1 Å². The zero-order chi connectivity index (χ0) is 27.5. The number of likely N-dealkylation sites (tertiary alicyclic amines) is 1. The average Bonchev–Trinajstić information content (AvgIpc) is 3.44. The summed E-state index contributed by atoms with van der Waals surface area (Å²) in [6.07, 6.45) is -6.25. The van der Waals surface area contributed by atoms with Gasteiger partial charge in [0, 0.05) is 43.2 Å². The first-order valence-corrected chi connectivity index (χ1v) is 12.2. The lowest BCUT2D eigenvalue weighted by atomic mass is 10.1. The van der Waals surface area contributed by atoms with Gasteiger partial charge in [-0.05, 0) is 30.9 Å². The first-order valence-electron chi connectivity index (χ1n) is 11.4. The van der Waals surface area contributed by atoms with Crippen LogP contribution in [0.5, 0.6) is 5.88 Å². The Morgan fingerprint density at radius 1 is 1.13 bits per heavy atom. The molecule has 1 saturated heterocycles. The number of pyridine rings is 1. The van der Waals surface area contributed by atoms with Gasteiger partial charge >= 0.3 is 12.4 Å². The summed E-state index contributed by atoms with van der Waals surface area (Å²) in [4.78, 5) is 26.5. The van der Waals surface area contributed by atoms with Crippen LogP contribution in [0.1, 0.15) is 45.2 Å². The molecular formula is C23H22F6N6O2S. The van der Waals surface area contributed by atoms with E-state index in [-0.39, 0.29) is 36.2 Å². The maximum Gasteiger partial charge on any atom is 0.434 e. The van der Waals surface area contributed by atoms with Crippen molar-refractivity contribution in [1.29, 1.82) is 0 Å². The zero-order valence-corrected chi connectivity index (χ0v) is 20.8. The van der Waals surface area contributed by atoms with Crippen molar-refractivity contribution < 1.29 is 35.9 Å².